The van der Waals surface area contributed by atoms with E-state index in [2.05, 4.69) is 10.9 Å². The highest BCUT2D eigenvalue weighted by Crippen LogP contribution is 2.44. The molecule has 0 heterocycles. The Balaban J connectivity index is 2.55. The van der Waals surface area contributed by atoms with Gasteiger partial charge in [-0.1, -0.05) is 18.2 Å². The molecule has 1 amide bonds. The molecule has 0 bridgehead atoms. The molecule has 102 valence electrons. The molecule has 1 aromatic carbocycles. The third kappa shape index (κ3) is 2.25. The van der Waals surface area contributed by atoms with Gasteiger partial charge in [-0.2, -0.15) is 0 Å². The zero-order valence-corrected chi connectivity index (χ0v) is 12.3. The highest BCUT2D eigenvalue weighted by Gasteiger charge is 2.25. The van der Waals surface area contributed by atoms with Crippen molar-refractivity contribution < 1.29 is 4.79 Å². The average molecular weight is 266 g/mol. The first-order valence-corrected chi connectivity index (χ1v) is 6.58. The van der Waals surface area contributed by atoms with Crippen LogP contribution in [0.3, 0.4) is 0 Å². The van der Waals surface area contributed by atoms with Crippen LogP contribution >= 0.6 is 0 Å². The summed E-state index contributed by atoms with van der Waals surface area (Å²) in [6, 6.07) is 5.70. The maximum atomic E-state index is 12.0. The quantitative estimate of drug-likeness (QED) is 0.745. The Morgan fingerprint density at radius 1 is 1.35 bits per heavy atom. The van der Waals surface area contributed by atoms with Crippen LogP contribution in [-0.4, -0.2) is 24.9 Å². The van der Waals surface area contributed by atoms with Gasteiger partial charge in [0.1, 0.15) is 0 Å². The van der Waals surface area contributed by atoms with E-state index in [4.69, 9.17) is 6.57 Å². The van der Waals surface area contributed by atoms with Gasteiger partial charge in [0.05, 0.1) is 13.0 Å². The van der Waals surface area contributed by atoms with Gasteiger partial charge in [-0.25, -0.2) is 4.85 Å². The predicted octanol–water partition coefficient (Wildman–Crippen LogP) is 3.91. The molecule has 1 aliphatic carbocycles. The van der Waals surface area contributed by atoms with Crippen LogP contribution < -0.4 is 0 Å². The Hall–Kier alpha value is -2.34. The lowest BCUT2D eigenvalue weighted by Crippen LogP contribution is -2.21. The molecule has 0 unspecified atom stereocenters. The molecular weight excluding hydrogens is 248 g/mol. The van der Waals surface area contributed by atoms with E-state index in [-0.39, 0.29) is 5.91 Å². The first-order chi connectivity index (χ1) is 9.49. The van der Waals surface area contributed by atoms with Crippen molar-refractivity contribution in [3.05, 3.63) is 52.4 Å². The van der Waals surface area contributed by atoms with Gasteiger partial charge in [0.15, 0.2) is 5.69 Å². The van der Waals surface area contributed by atoms with Gasteiger partial charge in [-0.3, -0.25) is 4.79 Å². The minimum Gasteiger partial charge on any atom is -0.349 e. The Labute approximate surface area is 120 Å². The van der Waals surface area contributed by atoms with E-state index < -0.39 is 0 Å². The second-order valence-electron chi connectivity index (χ2n) is 5.11. The Kier molecular flexibility index (Phi) is 3.76. The fourth-order valence-electron chi connectivity index (χ4n) is 2.56. The highest BCUT2D eigenvalue weighted by molar-refractivity contribution is 6.04. The SMILES string of the molecule is [C-]#[N+]c1ccc2c(c1)C(CC(=O)N(C)C)=C(C)/C2=C/C. The van der Waals surface area contributed by atoms with Gasteiger partial charge in [-0.05, 0) is 47.8 Å². The molecule has 0 saturated heterocycles. The monoisotopic (exact) mass is 266 g/mol. The van der Waals surface area contributed by atoms with Crippen LogP contribution in [0.15, 0.2) is 29.8 Å². The molecule has 0 aliphatic heterocycles. The number of allylic oxidation sites excluding steroid dienone is 3. The molecule has 0 atom stereocenters. The second-order valence-corrected chi connectivity index (χ2v) is 5.11. The molecule has 2 rings (SSSR count). The third-order valence-electron chi connectivity index (χ3n) is 3.72. The number of hydrogen-bond acceptors (Lipinski definition) is 1. The van der Waals surface area contributed by atoms with Crippen molar-refractivity contribution in [3.8, 4) is 0 Å². The van der Waals surface area contributed by atoms with Crippen LogP contribution in [0.2, 0.25) is 0 Å². The normalized spacial score (nSPS) is 15.2. The first kappa shape index (κ1) is 14.1. The molecule has 0 N–H and O–H groups in total. The standard InChI is InChI=1S/C17H18N2O/c1-6-13-11(2)15(10-17(20)19(4)5)16-9-12(18-3)7-8-14(13)16/h6-9H,10H2,1-2,4-5H3/b13-6-. The van der Waals surface area contributed by atoms with Crippen molar-refractivity contribution in [1.29, 1.82) is 0 Å². The number of fused-ring (bicyclic) bond motifs is 1. The molecule has 1 aromatic rings. The van der Waals surface area contributed by atoms with Crippen molar-refractivity contribution in [1.82, 2.24) is 4.90 Å². The van der Waals surface area contributed by atoms with Crippen molar-refractivity contribution >= 4 is 22.7 Å². The molecule has 20 heavy (non-hydrogen) atoms. The van der Waals surface area contributed by atoms with Crippen LogP contribution in [0.25, 0.3) is 16.0 Å². The van der Waals surface area contributed by atoms with E-state index in [1.54, 1.807) is 19.0 Å². The molecule has 0 fully saturated rings. The summed E-state index contributed by atoms with van der Waals surface area (Å²) in [4.78, 5) is 17.1. The first-order valence-electron chi connectivity index (χ1n) is 6.58. The molecule has 3 heteroatoms. The smallest absolute Gasteiger partial charge is 0.226 e. The van der Waals surface area contributed by atoms with Crippen LogP contribution in [0.4, 0.5) is 5.69 Å². The van der Waals surface area contributed by atoms with Crippen molar-refractivity contribution in [3.63, 3.8) is 0 Å². The number of carbonyl (C=O) groups is 1. The van der Waals surface area contributed by atoms with Crippen molar-refractivity contribution in [2.75, 3.05) is 14.1 Å². The summed E-state index contributed by atoms with van der Waals surface area (Å²) < 4.78 is 0. The lowest BCUT2D eigenvalue weighted by Gasteiger charge is -2.12. The van der Waals surface area contributed by atoms with Crippen molar-refractivity contribution in [2.24, 2.45) is 0 Å². The van der Waals surface area contributed by atoms with Gasteiger partial charge in [0.2, 0.25) is 5.91 Å². The Bertz CT molecular complexity index is 673. The second kappa shape index (κ2) is 5.34. The minimum atomic E-state index is 0.0795. The summed E-state index contributed by atoms with van der Waals surface area (Å²) in [6.45, 7) is 11.2. The molecule has 1 aliphatic rings. The lowest BCUT2D eigenvalue weighted by atomic mass is 10.0. The van der Waals surface area contributed by atoms with E-state index in [0.29, 0.717) is 12.1 Å². The molecule has 0 aromatic heterocycles. The maximum absolute atomic E-state index is 12.0. The average Bonchev–Trinajstić information content (AvgIpc) is 2.70. The highest BCUT2D eigenvalue weighted by atomic mass is 16.2. The molecular formula is C17H18N2O. The Morgan fingerprint density at radius 3 is 2.60 bits per heavy atom. The molecule has 0 radical (unpaired) electrons. The van der Waals surface area contributed by atoms with Gasteiger partial charge < -0.3 is 4.90 Å². The predicted molar refractivity (Wildman–Crippen MR) is 82.3 cm³/mol. The van der Waals surface area contributed by atoms with E-state index in [0.717, 1.165) is 27.8 Å². The summed E-state index contributed by atoms with van der Waals surface area (Å²) in [5.74, 6) is 0.0795. The number of carbonyl (C=O) groups excluding carboxylic acids is 1. The van der Waals surface area contributed by atoms with Crippen molar-refractivity contribution in [2.45, 2.75) is 20.3 Å². The maximum Gasteiger partial charge on any atom is 0.226 e. The van der Waals surface area contributed by atoms with E-state index in [1.807, 2.05) is 32.0 Å². The van der Waals surface area contributed by atoms with Gasteiger partial charge in [-0.15, -0.1) is 0 Å². The molecule has 0 spiro atoms. The molecule has 0 saturated carbocycles. The largest absolute Gasteiger partial charge is 0.349 e. The number of amides is 1. The summed E-state index contributed by atoms with van der Waals surface area (Å²) in [7, 11) is 3.53. The van der Waals surface area contributed by atoms with Crippen LogP contribution in [-0.2, 0) is 4.79 Å². The van der Waals surface area contributed by atoms with Crippen LogP contribution in [0.1, 0.15) is 31.4 Å². The van der Waals surface area contributed by atoms with Crippen LogP contribution in [0.5, 0.6) is 0 Å². The van der Waals surface area contributed by atoms with Gasteiger partial charge in [0, 0.05) is 14.1 Å². The Morgan fingerprint density at radius 2 is 2.05 bits per heavy atom. The number of nitrogens with zero attached hydrogens (tertiary/aromatic N) is 2. The van der Waals surface area contributed by atoms with E-state index in [9.17, 15) is 4.79 Å². The van der Waals surface area contributed by atoms with Gasteiger partial charge >= 0.3 is 0 Å². The van der Waals surface area contributed by atoms with E-state index in [1.165, 1.54) is 0 Å². The zero-order chi connectivity index (χ0) is 14.9. The molecule has 3 nitrogen and oxygen atoms in total. The lowest BCUT2D eigenvalue weighted by molar-refractivity contribution is -0.127. The van der Waals surface area contributed by atoms with Crippen LogP contribution in [0, 0.1) is 6.57 Å². The fourth-order valence-corrected chi connectivity index (χ4v) is 2.56. The number of hydrogen-bond donors (Lipinski definition) is 0. The van der Waals surface area contributed by atoms with Gasteiger partial charge in [0.25, 0.3) is 0 Å². The fraction of sp³-hybridized carbons (Fsp3) is 0.294. The summed E-state index contributed by atoms with van der Waals surface area (Å²) in [6.07, 6.45) is 2.45. The third-order valence-corrected chi connectivity index (χ3v) is 3.72. The summed E-state index contributed by atoms with van der Waals surface area (Å²) >= 11 is 0. The summed E-state index contributed by atoms with van der Waals surface area (Å²) in [5.41, 5.74) is 6.11. The summed E-state index contributed by atoms with van der Waals surface area (Å²) in [5, 5.41) is 0. The van der Waals surface area contributed by atoms with E-state index >= 15 is 0 Å². The topological polar surface area (TPSA) is 24.7 Å². The zero-order valence-electron chi connectivity index (χ0n) is 12.3. The number of rotatable bonds is 2. The number of benzene rings is 1. The minimum absolute atomic E-state index is 0.0795.